The van der Waals surface area contributed by atoms with Crippen molar-refractivity contribution in [2.24, 2.45) is 0 Å². The van der Waals surface area contributed by atoms with Crippen LogP contribution in [0, 0.1) is 0 Å². The Morgan fingerprint density at radius 3 is 1.73 bits per heavy atom. The molecule has 1 N–H and O–H groups in total. The van der Waals surface area contributed by atoms with Gasteiger partial charge in [0.15, 0.2) is 0 Å². The van der Waals surface area contributed by atoms with Gasteiger partial charge in [0.2, 0.25) is 0 Å². The molecule has 15 heavy (non-hydrogen) atoms. The molecular weight excluding hydrogens is 273 g/mol. The van der Waals surface area contributed by atoms with Crippen LogP contribution in [0.3, 0.4) is 0 Å². The summed E-state index contributed by atoms with van der Waals surface area (Å²) in [4.78, 5) is 0. The third kappa shape index (κ3) is 1.89. The molecule has 2 aromatic carbocycles. The molecule has 0 saturated carbocycles. The van der Waals surface area contributed by atoms with Gasteiger partial charge < -0.3 is 0 Å². The van der Waals surface area contributed by atoms with E-state index in [2.05, 4.69) is 53.8 Å². The summed E-state index contributed by atoms with van der Waals surface area (Å²) < 4.78 is 2.89. The van der Waals surface area contributed by atoms with Crippen LogP contribution in [0.1, 0.15) is 0 Å². The van der Waals surface area contributed by atoms with E-state index in [4.69, 9.17) is 0 Å². The molecule has 1 aliphatic rings. The quantitative estimate of drug-likeness (QED) is 0.620. The first-order chi connectivity index (χ1) is 6.93. The van der Waals surface area contributed by atoms with E-state index in [1.54, 1.807) is 0 Å². The minimum absolute atomic E-state index is 0. The molecule has 1 aliphatic heterocycles. The number of nitrogens with one attached hydrogen (secondary N) is 1. The Kier molecular flexibility index (Phi) is 3.01. The van der Waals surface area contributed by atoms with Crippen molar-refractivity contribution in [3.05, 3.63) is 48.5 Å². The van der Waals surface area contributed by atoms with Gasteiger partial charge in [-0.05, 0) is 0 Å². The number of para-hydroxylation sites is 2. The van der Waals surface area contributed by atoms with Crippen molar-refractivity contribution in [2.75, 3.05) is 5.32 Å². The number of benzene rings is 2. The van der Waals surface area contributed by atoms with Crippen molar-refractivity contribution in [1.82, 2.24) is 0 Å². The fraction of sp³-hybridized carbons (Fsp3) is 0. The van der Waals surface area contributed by atoms with Crippen molar-refractivity contribution in [3.8, 4) is 0 Å². The van der Waals surface area contributed by atoms with Gasteiger partial charge in [-0.25, -0.2) is 0 Å². The molecule has 2 aromatic rings. The van der Waals surface area contributed by atoms with Crippen LogP contribution in [0.2, 0.25) is 0 Å². The normalized spacial score (nSPS) is 11.7. The van der Waals surface area contributed by atoms with E-state index < -0.39 is 0 Å². The van der Waals surface area contributed by atoms with Crippen molar-refractivity contribution in [2.45, 2.75) is 0 Å². The average Bonchev–Trinajstić information content (AvgIpc) is 2.26. The van der Waals surface area contributed by atoms with Crippen LogP contribution in [-0.4, -0.2) is 15.0 Å². The Bertz CT molecular complexity index is 397. The standard InChI is InChI=1S/C12H9NSe.ClH/c1-3-7-11-9(5-1)13-10-6-2-4-8-12(10)14-11;/h1-8,13H;1H. The zero-order valence-corrected chi connectivity index (χ0v) is 10.5. The first-order valence-electron chi connectivity index (χ1n) is 4.56. The molecule has 1 heterocycles. The second-order valence-corrected chi connectivity index (χ2v) is 5.49. The second kappa shape index (κ2) is 4.28. The fourth-order valence-corrected chi connectivity index (χ4v) is 3.65. The Balaban J connectivity index is 0.000000853. The van der Waals surface area contributed by atoms with Crippen LogP contribution in [0.25, 0.3) is 0 Å². The van der Waals surface area contributed by atoms with Crippen LogP contribution in [-0.2, 0) is 0 Å². The summed E-state index contributed by atoms with van der Waals surface area (Å²) in [5, 5.41) is 3.46. The molecule has 3 heteroatoms. The first-order valence-corrected chi connectivity index (χ1v) is 6.28. The van der Waals surface area contributed by atoms with E-state index in [-0.39, 0.29) is 12.4 Å². The summed E-state index contributed by atoms with van der Waals surface area (Å²) in [6.45, 7) is 0. The Morgan fingerprint density at radius 1 is 0.733 bits per heavy atom. The van der Waals surface area contributed by atoms with Crippen LogP contribution in [0.15, 0.2) is 48.5 Å². The monoisotopic (exact) mass is 283 g/mol. The summed E-state index contributed by atoms with van der Waals surface area (Å²) >= 11 is 0.457. The summed E-state index contributed by atoms with van der Waals surface area (Å²) in [7, 11) is 0. The zero-order valence-electron chi connectivity index (χ0n) is 7.94. The maximum atomic E-state index is 3.46. The zero-order chi connectivity index (χ0) is 9.38. The summed E-state index contributed by atoms with van der Waals surface area (Å²) in [6, 6.07) is 17.1. The number of hydrogen-bond acceptors (Lipinski definition) is 1. The third-order valence-corrected chi connectivity index (χ3v) is 4.68. The summed E-state index contributed by atoms with van der Waals surface area (Å²) in [6.07, 6.45) is 0. The molecule has 0 saturated heterocycles. The first kappa shape index (κ1) is 10.6. The second-order valence-electron chi connectivity index (χ2n) is 3.22. The SMILES string of the molecule is Cl.c1ccc2c(c1)Nc1ccccc1[Se]2. The van der Waals surface area contributed by atoms with Crippen LogP contribution < -0.4 is 14.2 Å². The van der Waals surface area contributed by atoms with Crippen LogP contribution >= 0.6 is 12.4 Å². The molecule has 0 aromatic heterocycles. The van der Waals surface area contributed by atoms with Crippen LogP contribution in [0.5, 0.6) is 0 Å². The molecule has 0 amide bonds. The maximum absolute atomic E-state index is 3.46. The Morgan fingerprint density at radius 2 is 1.20 bits per heavy atom. The molecule has 1 nitrogen and oxygen atoms in total. The predicted molar refractivity (Wildman–Crippen MR) is 68.4 cm³/mol. The number of hydrogen-bond donors (Lipinski definition) is 1. The van der Waals surface area contributed by atoms with E-state index in [1.807, 2.05) is 0 Å². The topological polar surface area (TPSA) is 12.0 Å². The van der Waals surface area contributed by atoms with Gasteiger partial charge in [-0.1, -0.05) is 0 Å². The Labute approximate surface area is 101 Å². The van der Waals surface area contributed by atoms with E-state index in [1.165, 1.54) is 20.3 Å². The number of fused-ring (bicyclic) bond motifs is 2. The van der Waals surface area contributed by atoms with Gasteiger partial charge >= 0.3 is 89.1 Å². The Hall–Kier alpha value is -0.951. The van der Waals surface area contributed by atoms with Gasteiger partial charge in [0.05, 0.1) is 0 Å². The summed E-state index contributed by atoms with van der Waals surface area (Å²) in [5.74, 6) is 0. The number of rotatable bonds is 0. The fourth-order valence-electron chi connectivity index (χ4n) is 1.58. The molecule has 76 valence electrons. The van der Waals surface area contributed by atoms with E-state index in [9.17, 15) is 0 Å². The van der Waals surface area contributed by atoms with E-state index in [0.29, 0.717) is 15.0 Å². The molecule has 0 spiro atoms. The van der Waals surface area contributed by atoms with E-state index >= 15 is 0 Å². The molecule has 0 bridgehead atoms. The number of halogens is 1. The predicted octanol–water partition coefficient (Wildman–Crippen LogP) is 1.82. The summed E-state index contributed by atoms with van der Waals surface area (Å²) in [5.41, 5.74) is 2.54. The van der Waals surface area contributed by atoms with Crippen molar-refractivity contribution >= 4 is 47.7 Å². The molecule has 0 unspecified atom stereocenters. The van der Waals surface area contributed by atoms with Gasteiger partial charge in [0, 0.05) is 0 Å². The van der Waals surface area contributed by atoms with Gasteiger partial charge in [-0.15, -0.1) is 12.4 Å². The molecule has 0 atom stereocenters. The van der Waals surface area contributed by atoms with Crippen molar-refractivity contribution in [3.63, 3.8) is 0 Å². The third-order valence-electron chi connectivity index (χ3n) is 2.26. The van der Waals surface area contributed by atoms with Gasteiger partial charge in [0.1, 0.15) is 0 Å². The van der Waals surface area contributed by atoms with Crippen molar-refractivity contribution < 1.29 is 0 Å². The van der Waals surface area contributed by atoms with Gasteiger partial charge in [-0.3, -0.25) is 0 Å². The van der Waals surface area contributed by atoms with Gasteiger partial charge in [0.25, 0.3) is 0 Å². The van der Waals surface area contributed by atoms with Crippen molar-refractivity contribution in [1.29, 1.82) is 0 Å². The number of anilines is 2. The molecule has 3 rings (SSSR count). The van der Waals surface area contributed by atoms with E-state index in [0.717, 1.165) is 0 Å². The van der Waals surface area contributed by atoms with Gasteiger partial charge in [-0.2, -0.15) is 0 Å². The average molecular weight is 283 g/mol. The van der Waals surface area contributed by atoms with Crippen LogP contribution in [0.4, 0.5) is 11.4 Å². The molecule has 0 aliphatic carbocycles. The molecular formula is C12H10ClNSe. The molecule has 0 radical (unpaired) electrons. The minimum atomic E-state index is 0. The molecule has 0 fully saturated rings.